The third-order valence-corrected chi connectivity index (χ3v) is 3.84. The number of nitrogens with two attached hydrogens (primary N) is 1. The fraction of sp³-hybridized carbons (Fsp3) is 0.444. The summed E-state index contributed by atoms with van der Waals surface area (Å²) in [5.41, 5.74) is 8.36. The maximum Gasteiger partial charge on any atom is 0.335 e. The number of primary amides is 1. The summed E-state index contributed by atoms with van der Waals surface area (Å²) in [5, 5.41) is 9.44. The molecule has 0 saturated carbocycles. The van der Waals surface area contributed by atoms with Crippen LogP contribution in [0.25, 0.3) is 5.57 Å². The normalized spacial score (nSPS) is 10.5. The molecule has 22 heavy (non-hydrogen) atoms. The van der Waals surface area contributed by atoms with E-state index < -0.39 is 11.9 Å². The molecule has 0 heterocycles. The van der Waals surface area contributed by atoms with E-state index in [1.165, 1.54) is 0 Å². The summed E-state index contributed by atoms with van der Waals surface area (Å²) in [6.07, 6.45) is 5.24. The van der Waals surface area contributed by atoms with Crippen LogP contribution < -0.4 is 5.73 Å². The average Bonchev–Trinajstić information content (AvgIpc) is 2.49. The summed E-state index contributed by atoms with van der Waals surface area (Å²) in [5.74, 6) is -1.50. The van der Waals surface area contributed by atoms with E-state index in [1.54, 1.807) is 12.1 Å². The molecule has 0 fully saturated rings. The SMILES string of the molecule is C=C(C(N)=O)c1ccc(C(=O)O)c(CCCC)c1CCCC. The molecule has 4 heteroatoms. The van der Waals surface area contributed by atoms with E-state index in [1.807, 2.05) is 0 Å². The monoisotopic (exact) mass is 303 g/mol. The van der Waals surface area contributed by atoms with Crippen molar-refractivity contribution < 1.29 is 14.7 Å². The Morgan fingerprint density at radius 1 is 1.05 bits per heavy atom. The van der Waals surface area contributed by atoms with Gasteiger partial charge in [-0.3, -0.25) is 4.79 Å². The summed E-state index contributed by atoms with van der Waals surface area (Å²) in [6, 6.07) is 3.23. The summed E-state index contributed by atoms with van der Waals surface area (Å²) in [4.78, 5) is 23.0. The highest BCUT2D eigenvalue weighted by atomic mass is 16.4. The van der Waals surface area contributed by atoms with Gasteiger partial charge in [0, 0.05) is 5.57 Å². The molecule has 0 aliphatic carbocycles. The topological polar surface area (TPSA) is 80.4 Å². The van der Waals surface area contributed by atoms with E-state index >= 15 is 0 Å². The van der Waals surface area contributed by atoms with Crippen LogP contribution >= 0.6 is 0 Å². The van der Waals surface area contributed by atoms with E-state index in [-0.39, 0.29) is 5.57 Å². The Kier molecular flexibility index (Phi) is 6.83. The van der Waals surface area contributed by atoms with Crippen LogP contribution in [0.1, 0.15) is 66.6 Å². The number of carbonyl (C=O) groups is 2. The Morgan fingerprint density at radius 2 is 1.50 bits per heavy atom. The molecule has 1 aromatic rings. The molecule has 1 aromatic carbocycles. The third kappa shape index (κ3) is 4.20. The summed E-state index contributed by atoms with van der Waals surface area (Å²) < 4.78 is 0. The second-order valence-electron chi connectivity index (χ2n) is 5.47. The Labute approximate surface area is 132 Å². The van der Waals surface area contributed by atoms with Crippen LogP contribution in [0, 0.1) is 0 Å². The molecule has 0 saturated heterocycles. The highest BCUT2D eigenvalue weighted by Gasteiger charge is 2.19. The van der Waals surface area contributed by atoms with Gasteiger partial charge in [-0.15, -0.1) is 0 Å². The zero-order valence-electron chi connectivity index (χ0n) is 13.4. The number of carboxylic acids is 1. The molecule has 1 rings (SSSR count). The van der Waals surface area contributed by atoms with Crippen molar-refractivity contribution in [1.82, 2.24) is 0 Å². The molecule has 3 N–H and O–H groups in total. The maximum absolute atomic E-state index is 11.5. The van der Waals surface area contributed by atoms with Gasteiger partial charge in [-0.25, -0.2) is 4.79 Å². The number of hydrogen-bond acceptors (Lipinski definition) is 2. The number of aromatic carboxylic acids is 1. The van der Waals surface area contributed by atoms with Crippen LogP contribution in [-0.4, -0.2) is 17.0 Å². The van der Waals surface area contributed by atoms with Crippen LogP contribution in [0.15, 0.2) is 18.7 Å². The van der Waals surface area contributed by atoms with Gasteiger partial charge in [0.25, 0.3) is 0 Å². The molecule has 1 amide bonds. The smallest absolute Gasteiger partial charge is 0.335 e. The highest BCUT2D eigenvalue weighted by molar-refractivity contribution is 6.18. The average molecular weight is 303 g/mol. The Morgan fingerprint density at radius 3 is 1.91 bits per heavy atom. The molecule has 0 aromatic heterocycles. The Bertz CT molecular complexity index is 576. The molecule has 4 nitrogen and oxygen atoms in total. The van der Waals surface area contributed by atoms with E-state index in [0.29, 0.717) is 17.5 Å². The molecule has 0 radical (unpaired) electrons. The van der Waals surface area contributed by atoms with Crippen LogP contribution in [0.4, 0.5) is 0 Å². The number of carboxylic acid groups (broad SMARTS) is 1. The number of rotatable bonds is 9. The van der Waals surface area contributed by atoms with Crippen LogP contribution in [0.5, 0.6) is 0 Å². The fourth-order valence-electron chi connectivity index (χ4n) is 2.59. The number of amides is 1. The molecule has 0 spiro atoms. The van der Waals surface area contributed by atoms with Gasteiger partial charge >= 0.3 is 5.97 Å². The molecule has 0 atom stereocenters. The molecule has 0 unspecified atom stereocenters. The van der Waals surface area contributed by atoms with Gasteiger partial charge in [-0.1, -0.05) is 39.3 Å². The van der Waals surface area contributed by atoms with Crippen molar-refractivity contribution in [1.29, 1.82) is 0 Å². The first-order valence-corrected chi connectivity index (χ1v) is 7.81. The first-order valence-electron chi connectivity index (χ1n) is 7.81. The fourth-order valence-corrected chi connectivity index (χ4v) is 2.59. The van der Waals surface area contributed by atoms with Crippen molar-refractivity contribution in [3.63, 3.8) is 0 Å². The minimum atomic E-state index is -0.930. The van der Waals surface area contributed by atoms with Gasteiger partial charge in [-0.2, -0.15) is 0 Å². The lowest BCUT2D eigenvalue weighted by atomic mass is 9.87. The largest absolute Gasteiger partial charge is 0.478 e. The molecule has 0 aliphatic rings. The number of unbranched alkanes of at least 4 members (excludes halogenated alkanes) is 2. The van der Waals surface area contributed by atoms with Crippen molar-refractivity contribution in [3.8, 4) is 0 Å². The molecule has 0 bridgehead atoms. The van der Waals surface area contributed by atoms with Gasteiger partial charge in [0.2, 0.25) is 5.91 Å². The zero-order chi connectivity index (χ0) is 16.7. The quantitative estimate of drug-likeness (QED) is 0.684. The second-order valence-corrected chi connectivity index (χ2v) is 5.47. The molecular formula is C18H25NO3. The minimum Gasteiger partial charge on any atom is -0.478 e. The first kappa shape index (κ1) is 18.0. The summed E-state index contributed by atoms with van der Waals surface area (Å²) >= 11 is 0. The van der Waals surface area contributed by atoms with Gasteiger partial charge in [0.05, 0.1) is 5.56 Å². The lowest BCUT2D eigenvalue weighted by molar-refractivity contribution is -0.112. The highest BCUT2D eigenvalue weighted by Crippen LogP contribution is 2.28. The molecular weight excluding hydrogens is 278 g/mol. The predicted octanol–water partition coefficient (Wildman–Crippen LogP) is 3.57. The van der Waals surface area contributed by atoms with Crippen LogP contribution in [0.2, 0.25) is 0 Å². The lowest BCUT2D eigenvalue weighted by Gasteiger charge is -2.18. The van der Waals surface area contributed by atoms with E-state index in [9.17, 15) is 14.7 Å². The first-order chi connectivity index (χ1) is 10.4. The minimum absolute atomic E-state index is 0.251. The van der Waals surface area contributed by atoms with Crippen LogP contribution in [-0.2, 0) is 17.6 Å². The second kappa shape index (κ2) is 8.37. The van der Waals surface area contributed by atoms with Crippen molar-refractivity contribution >= 4 is 17.4 Å². The number of carbonyl (C=O) groups excluding carboxylic acids is 1. The number of benzene rings is 1. The van der Waals surface area contributed by atoms with E-state index in [4.69, 9.17) is 5.73 Å². The summed E-state index contributed by atoms with van der Waals surface area (Å²) in [6.45, 7) is 7.91. The summed E-state index contributed by atoms with van der Waals surface area (Å²) in [7, 11) is 0. The van der Waals surface area contributed by atoms with Crippen LogP contribution in [0.3, 0.4) is 0 Å². The van der Waals surface area contributed by atoms with Gasteiger partial charge in [0.15, 0.2) is 0 Å². The molecule has 0 aliphatic heterocycles. The van der Waals surface area contributed by atoms with E-state index in [2.05, 4.69) is 20.4 Å². The molecule has 120 valence electrons. The predicted molar refractivity (Wildman–Crippen MR) is 88.9 cm³/mol. The van der Waals surface area contributed by atoms with Gasteiger partial charge < -0.3 is 10.8 Å². The van der Waals surface area contributed by atoms with Crippen molar-refractivity contribution in [3.05, 3.63) is 41.0 Å². The zero-order valence-corrected chi connectivity index (χ0v) is 13.4. The Hall–Kier alpha value is -2.10. The Balaban J connectivity index is 3.47. The van der Waals surface area contributed by atoms with Crippen molar-refractivity contribution in [2.24, 2.45) is 5.73 Å². The van der Waals surface area contributed by atoms with E-state index in [0.717, 1.165) is 43.2 Å². The third-order valence-electron chi connectivity index (χ3n) is 3.84. The lowest BCUT2D eigenvalue weighted by Crippen LogP contribution is -2.16. The standard InChI is InChI=1S/C18H25NO3/c1-4-6-8-14-13(12(3)17(19)20)10-11-16(18(21)22)15(14)9-7-5-2/h10-11H,3-9H2,1-2H3,(H2,19,20)(H,21,22). The van der Waals surface area contributed by atoms with Gasteiger partial charge in [0.1, 0.15) is 0 Å². The maximum atomic E-state index is 11.5. The van der Waals surface area contributed by atoms with Crippen molar-refractivity contribution in [2.75, 3.05) is 0 Å². The number of hydrogen-bond donors (Lipinski definition) is 2. The van der Waals surface area contributed by atoms with Gasteiger partial charge in [-0.05, 0) is 48.4 Å². The van der Waals surface area contributed by atoms with Crippen molar-refractivity contribution in [2.45, 2.75) is 52.4 Å².